The summed E-state index contributed by atoms with van der Waals surface area (Å²) in [7, 11) is -1.84. The third-order valence-electron chi connectivity index (χ3n) is 4.68. The summed E-state index contributed by atoms with van der Waals surface area (Å²) in [6.07, 6.45) is 3.07. The number of carbonyl (C=O) groups excluding carboxylic acids is 1. The molecule has 0 saturated carbocycles. The van der Waals surface area contributed by atoms with Gasteiger partial charge in [-0.15, -0.1) is 0 Å². The van der Waals surface area contributed by atoms with E-state index in [2.05, 4.69) is 9.97 Å². The zero-order valence-corrected chi connectivity index (χ0v) is 16.5. The number of nitrogens with one attached hydrogen (secondary N) is 1. The summed E-state index contributed by atoms with van der Waals surface area (Å²) in [6, 6.07) is 4.91. The van der Waals surface area contributed by atoms with Crippen molar-refractivity contribution in [1.29, 1.82) is 0 Å². The molecule has 2 N–H and O–H groups in total. The van der Waals surface area contributed by atoms with Crippen LogP contribution in [-0.2, 0) is 30.1 Å². The molecule has 8 nitrogen and oxygen atoms in total. The van der Waals surface area contributed by atoms with Crippen LogP contribution in [0, 0.1) is 12.7 Å². The van der Waals surface area contributed by atoms with Crippen LogP contribution in [0.3, 0.4) is 0 Å². The van der Waals surface area contributed by atoms with Crippen LogP contribution in [-0.4, -0.2) is 51.1 Å². The number of fused-ring (bicyclic) bond motifs is 3. The van der Waals surface area contributed by atoms with Gasteiger partial charge in [0.1, 0.15) is 5.82 Å². The summed E-state index contributed by atoms with van der Waals surface area (Å²) >= 11 is 0. The van der Waals surface area contributed by atoms with Crippen molar-refractivity contribution < 1.29 is 22.2 Å². The topological polar surface area (TPSA) is 108 Å². The maximum Gasteiger partial charge on any atom is 0.261 e. The first kappa shape index (κ1) is 20.0. The van der Waals surface area contributed by atoms with Crippen LogP contribution in [0.1, 0.15) is 27.4 Å². The van der Waals surface area contributed by atoms with Crippen molar-refractivity contribution in [2.24, 2.45) is 7.05 Å². The first-order chi connectivity index (χ1) is 13.1. The first-order valence-corrected chi connectivity index (χ1v) is 10.4. The number of aromatic nitrogens is 3. The van der Waals surface area contributed by atoms with Crippen LogP contribution in [0.5, 0.6) is 0 Å². The Morgan fingerprint density at radius 1 is 1.36 bits per heavy atom. The van der Waals surface area contributed by atoms with Crippen LogP contribution < -0.4 is 0 Å². The number of imidazole rings is 1. The van der Waals surface area contributed by atoms with E-state index in [4.69, 9.17) is 4.55 Å². The zero-order valence-electron chi connectivity index (χ0n) is 15.7. The molecule has 1 amide bonds. The average Bonchev–Trinajstić information content (AvgIpc) is 3.11. The smallest absolute Gasteiger partial charge is 0.261 e. The van der Waals surface area contributed by atoms with Crippen LogP contribution in [0.25, 0.3) is 10.9 Å². The van der Waals surface area contributed by atoms with Gasteiger partial charge in [0, 0.05) is 36.8 Å². The number of benzene rings is 1. The van der Waals surface area contributed by atoms with Gasteiger partial charge in [-0.3, -0.25) is 9.35 Å². The van der Waals surface area contributed by atoms with E-state index in [1.54, 1.807) is 17.3 Å². The number of hydrogen-bond donors (Lipinski definition) is 2. The Hall–Kier alpha value is -2.72. The van der Waals surface area contributed by atoms with Crippen molar-refractivity contribution in [2.45, 2.75) is 19.9 Å². The van der Waals surface area contributed by atoms with Crippen molar-refractivity contribution >= 4 is 26.9 Å². The average molecular weight is 408 g/mol. The molecule has 0 saturated heterocycles. The molecule has 0 unspecified atom stereocenters. The molecule has 3 aromatic rings. The minimum atomic E-state index is -3.67. The second-order valence-electron chi connectivity index (χ2n) is 6.70. The number of H-pyrrole nitrogens is 1. The Labute approximate surface area is 161 Å². The minimum absolute atomic E-state index is 0.0511. The lowest BCUT2D eigenvalue weighted by molar-refractivity contribution is 0.0725. The molecule has 0 bridgehead atoms. The van der Waals surface area contributed by atoms with E-state index in [0.717, 1.165) is 23.5 Å². The number of halogens is 1. The van der Waals surface area contributed by atoms with Gasteiger partial charge in [-0.25, -0.2) is 9.37 Å². The van der Waals surface area contributed by atoms with Gasteiger partial charge in [-0.2, -0.15) is 8.42 Å². The quantitative estimate of drug-likeness (QED) is 0.631. The van der Waals surface area contributed by atoms with Crippen molar-refractivity contribution in [3.63, 3.8) is 0 Å². The third kappa shape index (κ3) is 3.92. The van der Waals surface area contributed by atoms with Crippen LogP contribution in [0.2, 0.25) is 0 Å². The highest BCUT2D eigenvalue weighted by Gasteiger charge is 2.31. The maximum absolute atomic E-state index is 14.2. The number of aromatic amines is 1. The van der Waals surface area contributed by atoms with E-state index < -0.39 is 10.1 Å². The summed E-state index contributed by atoms with van der Waals surface area (Å²) in [4.78, 5) is 22.0. The number of aryl methyl sites for hydroxylation is 2. The predicted molar refractivity (Wildman–Crippen MR) is 102 cm³/mol. The second-order valence-corrected chi connectivity index (χ2v) is 8.17. The van der Waals surface area contributed by atoms with Crippen molar-refractivity contribution in [3.8, 4) is 0 Å². The highest BCUT2D eigenvalue weighted by Crippen LogP contribution is 2.32. The van der Waals surface area contributed by atoms with Gasteiger partial charge in [0.15, 0.2) is 0 Å². The number of rotatable bonds is 2. The Balaban J connectivity index is 0.000000403. The fraction of sp³-hybridized carbons (Fsp3) is 0.333. The van der Waals surface area contributed by atoms with E-state index in [1.807, 2.05) is 24.6 Å². The molecule has 28 heavy (non-hydrogen) atoms. The third-order valence-corrected chi connectivity index (χ3v) is 4.68. The predicted octanol–water partition coefficient (Wildman–Crippen LogP) is 2.05. The summed E-state index contributed by atoms with van der Waals surface area (Å²) < 4.78 is 41.8. The lowest BCUT2D eigenvalue weighted by Crippen LogP contribution is -2.37. The second kappa shape index (κ2) is 7.36. The van der Waals surface area contributed by atoms with Gasteiger partial charge in [-0.1, -0.05) is 12.1 Å². The fourth-order valence-electron chi connectivity index (χ4n) is 3.43. The Morgan fingerprint density at radius 2 is 2.04 bits per heavy atom. The van der Waals surface area contributed by atoms with Gasteiger partial charge in [-0.05, 0) is 13.0 Å². The first-order valence-electron chi connectivity index (χ1n) is 8.54. The maximum atomic E-state index is 14.2. The Morgan fingerprint density at radius 3 is 2.64 bits per heavy atom. The zero-order chi connectivity index (χ0) is 20.6. The number of nitrogens with zero attached hydrogens (tertiary/aromatic N) is 3. The largest absolute Gasteiger partial charge is 0.348 e. The number of carbonyl (C=O) groups is 1. The van der Waals surface area contributed by atoms with Gasteiger partial charge < -0.3 is 14.5 Å². The molecule has 0 aliphatic carbocycles. The molecule has 150 valence electrons. The molecule has 1 aliphatic rings. The fourth-order valence-corrected chi connectivity index (χ4v) is 3.43. The summed E-state index contributed by atoms with van der Waals surface area (Å²) in [6.45, 7) is 3.03. The summed E-state index contributed by atoms with van der Waals surface area (Å²) in [5.74, 6) is -0.341. The molecular formula is C18H21FN4O4S. The summed E-state index contributed by atoms with van der Waals surface area (Å²) in [5, 5.41) is 0.691. The van der Waals surface area contributed by atoms with E-state index in [9.17, 15) is 17.6 Å². The molecular weight excluding hydrogens is 387 g/mol. The Kier molecular flexibility index (Phi) is 5.26. The SMILES string of the molecule is CS(=O)(=O)O.Cc1[nH]cnc1CN1CCc2c(c3cccc(F)c3n2C)C1=O. The molecule has 0 fully saturated rings. The van der Waals surface area contributed by atoms with Crippen molar-refractivity contribution in [3.05, 3.63) is 53.0 Å². The van der Waals surface area contributed by atoms with E-state index in [1.165, 1.54) is 6.07 Å². The van der Waals surface area contributed by atoms with Gasteiger partial charge in [0.05, 0.1) is 35.9 Å². The molecule has 0 spiro atoms. The lowest BCUT2D eigenvalue weighted by atomic mass is 10.0. The summed E-state index contributed by atoms with van der Waals surface area (Å²) in [5.41, 5.74) is 3.87. The van der Waals surface area contributed by atoms with Gasteiger partial charge in [0.2, 0.25) is 0 Å². The van der Waals surface area contributed by atoms with Crippen molar-refractivity contribution in [1.82, 2.24) is 19.4 Å². The van der Waals surface area contributed by atoms with E-state index in [0.29, 0.717) is 35.8 Å². The molecule has 4 rings (SSSR count). The normalized spacial score (nSPS) is 14.0. The van der Waals surface area contributed by atoms with Crippen LogP contribution in [0.15, 0.2) is 24.5 Å². The minimum Gasteiger partial charge on any atom is -0.348 e. The molecule has 1 aromatic carbocycles. The molecule has 3 heterocycles. The monoisotopic (exact) mass is 408 g/mol. The van der Waals surface area contributed by atoms with Gasteiger partial charge in [0.25, 0.3) is 16.0 Å². The van der Waals surface area contributed by atoms with Gasteiger partial charge >= 0.3 is 0 Å². The van der Waals surface area contributed by atoms with Crippen molar-refractivity contribution in [2.75, 3.05) is 12.8 Å². The number of hydrogen-bond acceptors (Lipinski definition) is 4. The standard InChI is InChI=1S/C17H17FN4O.CH4O3S/c1-10-13(20-9-19-10)8-22-7-6-14-15(17(22)23)11-4-3-5-12(18)16(11)21(14)2;1-5(2,3)4/h3-5,9H,6-8H2,1-2H3,(H,19,20);1H3,(H,2,3,4). The van der Waals surface area contributed by atoms with E-state index >= 15 is 0 Å². The number of amides is 1. The van der Waals surface area contributed by atoms with Crippen LogP contribution in [0.4, 0.5) is 4.39 Å². The lowest BCUT2D eigenvalue weighted by Gasteiger charge is -2.27. The van der Waals surface area contributed by atoms with E-state index in [-0.39, 0.29) is 11.7 Å². The number of para-hydroxylation sites is 1. The molecule has 0 atom stereocenters. The van der Waals surface area contributed by atoms with Crippen LogP contribution >= 0.6 is 0 Å². The molecule has 0 radical (unpaired) electrons. The molecule has 10 heteroatoms. The highest BCUT2D eigenvalue weighted by molar-refractivity contribution is 7.85. The molecule has 2 aromatic heterocycles. The molecule has 1 aliphatic heterocycles. The highest BCUT2D eigenvalue weighted by atomic mass is 32.2. The Bertz CT molecular complexity index is 1140.